The van der Waals surface area contributed by atoms with Crippen LogP contribution in [0.2, 0.25) is 0 Å². The molecule has 0 unspecified atom stereocenters. The molecule has 0 radical (unpaired) electrons. The second-order valence-corrected chi connectivity index (χ2v) is 4.74. The fraction of sp³-hybridized carbons (Fsp3) is 0.143. The first-order valence-corrected chi connectivity index (χ1v) is 6.29. The molecule has 0 saturated heterocycles. The molecule has 0 fully saturated rings. The van der Waals surface area contributed by atoms with Crippen molar-refractivity contribution in [2.24, 2.45) is 0 Å². The molecule has 0 amide bonds. The molecule has 0 bridgehead atoms. The lowest BCUT2D eigenvalue weighted by molar-refractivity contribution is 0.307. The van der Waals surface area contributed by atoms with Crippen LogP contribution in [0.15, 0.2) is 46.9 Å². The number of benzene rings is 2. The van der Waals surface area contributed by atoms with Gasteiger partial charge in [0, 0.05) is 10.5 Å². The van der Waals surface area contributed by atoms with Gasteiger partial charge in [-0.05, 0) is 29.8 Å². The third-order valence-corrected chi connectivity index (χ3v) is 2.99. The van der Waals surface area contributed by atoms with Gasteiger partial charge in [0.15, 0.2) is 0 Å². The maximum absolute atomic E-state index is 5.88. The van der Waals surface area contributed by atoms with Crippen LogP contribution >= 0.6 is 15.9 Å². The summed E-state index contributed by atoms with van der Waals surface area (Å²) in [6.45, 7) is 0.482. The largest absolute Gasteiger partial charge is 0.497 e. The van der Waals surface area contributed by atoms with E-state index in [0.717, 1.165) is 15.8 Å². The van der Waals surface area contributed by atoms with Crippen molar-refractivity contribution in [3.8, 4) is 11.5 Å². The van der Waals surface area contributed by atoms with Gasteiger partial charge in [0.05, 0.1) is 12.8 Å². The molecule has 94 valence electrons. The molecule has 0 aliphatic rings. The van der Waals surface area contributed by atoms with Crippen molar-refractivity contribution in [2.45, 2.75) is 6.61 Å². The number of nitrogen functional groups attached to an aromatic ring is 1. The standard InChI is InChI=1S/C14H14BrNO2/c1-17-12-5-6-14(13(16)8-12)18-9-10-3-2-4-11(15)7-10/h2-8H,9,16H2,1H3. The maximum Gasteiger partial charge on any atom is 0.142 e. The number of nitrogens with two attached hydrogens (primary N) is 1. The molecule has 0 spiro atoms. The first-order chi connectivity index (χ1) is 8.69. The number of rotatable bonds is 4. The summed E-state index contributed by atoms with van der Waals surface area (Å²) in [6, 6.07) is 13.4. The highest BCUT2D eigenvalue weighted by Crippen LogP contribution is 2.27. The van der Waals surface area contributed by atoms with Crippen LogP contribution in [0.4, 0.5) is 5.69 Å². The van der Waals surface area contributed by atoms with Gasteiger partial charge in [-0.25, -0.2) is 0 Å². The Bertz CT molecular complexity index is 543. The molecular formula is C14H14BrNO2. The van der Waals surface area contributed by atoms with Gasteiger partial charge >= 0.3 is 0 Å². The highest BCUT2D eigenvalue weighted by atomic mass is 79.9. The van der Waals surface area contributed by atoms with Gasteiger partial charge in [0.2, 0.25) is 0 Å². The van der Waals surface area contributed by atoms with Gasteiger partial charge in [0.25, 0.3) is 0 Å². The minimum atomic E-state index is 0.482. The van der Waals surface area contributed by atoms with E-state index < -0.39 is 0 Å². The van der Waals surface area contributed by atoms with Crippen LogP contribution in [0.5, 0.6) is 11.5 Å². The number of methoxy groups -OCH3 is 1. The summed E-state index contributed by atoms with van der Waals surface area (Å²) in [5.74, 6) is 1.39. The van der Waals surface area contributed by atoms with Crippen molar-refractivity contribution in [1.29, 1.82) is 0 Å². The Morgan fingerprint density at radius 2 is 2.00 bits per heavy atom. The lowest BCUT2D eigenvalue weighted by Gasteiger charge is -2.10. The maximum atomic E-state index is 5.88. The van der Waals surface area contributed by atoms with Gasteiger partial charge in [0.1, 0.15) is 18.1 Å². The van der Waals surface area contributed by atoms with Crippen LogP contribution < -0.4 is 15.2 Å². The van der Waals surface area contributed by atoms with Crippen molar-refractivity contribution >= 4 is 21.6 Å². The normalized spacial score (nSPS) is 10.1. The summed E-state index contributed by atoms with van der Waals surface area (Å²) in [4.78, 5) is 0. The highest BCUT2D eigenvalue weighted by Gasteiger charge is 2.03. The minimum Gasteiger partial charge on any atom is -0.497 e. The predicted octanol–water partition coefficient (Wildman–Crippen LogP) is 3.62. The van der Waals surface area contributed by atoms with E-state index in [1.807, 2.05) is 36.4 Å². The third kappa shape index (κ3) is 3.17. The minimum absolute atomic E-state index is 0.482. The molecule has 0 aromatic heterocycles. The highest BCUT2D eigenvalue weighted by molar-refractivity contribution is 9.10. The zero-order chi connectivity index (χ0) is 13.0. The van der Waals surface area contributed by atoms with Crippen molar-refractivity contribution in [1.82, 2.24) is 0 Å². The number of hydrogen-bond acceptors (Lipinski definition) is 3. The van der Waals surface area contributed by atoms with E-state index in [-0.39, 0.29) is 0 Å². The molecule has 3 nitrogen and oxygen atoms in total. The first kappa shape index (κ1) is 12.8. The number of hydrogen-bond donors (Lipinski definition) is 1. The molecule has 2 aromatic carbocycles. The Balaban J connectivity index is 2.06. The fourth-order valence-electron chi connectivity index (χ4n) is 1.57. The Labute approximate surface area is 115 Å². The summed E-state index contributed by atoms with van der Waals surface area (Å²) in [7, 11) is 1.61. The fourth-order valence-corrected chi connectivity index (χ4v) is 2.02. The van der Waals surface area contributed by atoms with Crippen molar-refractivity contribution in [2.75, 3.05) is 12.8 Å². The second kappa shape index (κ2) is 5.78. The quantitative estimate of drug-likeness (QED) is 0.877. The van der Waals surface area contributed by atoms with Gasteiger partial charge < -0.3 is 15.2 Å². The van der Waals surface area contributed by atoms with Crippen LogP contribution in [0.1, 0.15) is 5.56 Å². The smallest absolute Gasteiger partial charge is 0.142 e. The summed E-state index contributed by atoms with van der Waals surface area (Å²) < 4.78 is 11.8. The molecular weight excluding hydrogens is 294 g/mol. The SMILES string of the molecule is COc1ccc(OCc2cccc(Br)c2)c(N)c1. The Morgan fingerprint density at radius 1 is 1.17 bits per heavy atom. The summed E-state index contributed by atoms with van der Waals surface area (Å²) in [5, 5.41) is 0. The lowest BCUT2D eigenvalue weighted by Crippen LogP contribution is -1.99. The van der Waals surface area contributed by atoms with E-state index in [2.05, 4.69) is 15.9 Å². The van der Waals surface area contributed by atoms with E-state index >= 15 is 0 Å². The van der Waals surface area contributed by atoms with Crippen molar-refractivity contribution in [3.05, 3.63) is 52.5 Å². The molecule has 0 saturated carbocycles. The zero-order valence-electron chi connectivity index (χ0n) is 10.0. The van der Waals surface area contributed by atoms with Crippen LogP contribution in [0.3, 0.4) is 0 Å². The third-order valence-electron chi connectivity index (χ3n) is 2.50. The van der Waals surface area contributed by atoms with Gasteiger partial charge in [-0.15, -0.1) is 0 Å². The predicted molar refractivity (Wildman–Crippen MR) is 75.9 cm³/mol. The Morgan fingerprint density at radius 3 is 2.67 bits per heavy atom. The van der Waals surface area contributed by atoms with Crippen LogP contribution in [-0.2, 0) is 6.61 Å². The summed E-state index contributed by atoms with van der Waals surface area (Å²) >= 11 is 3.42. The summed E-state index contributed by atoms with van der Waals surface area (Å²) in [6.07, 6.45) is 0. The second-order valence-electron chi connectivity index (χ2n) is 3.82. The Hall–Kier alpha value is -1.68. The van der Waals surface area contributed by atoms with Gasteiger partial charge in [-0.1, -0.05) is 28.1 Å². The topological polar surface area (TPSA) is 44.5 Å². The Kier molecular flexibility index (Phi) is 4.10. The molecule has 0 aliphatic heterocycles. The molecule has 0 heterocycles. The van der Waals surface area contributed by atoms with Crippen LogP contribution in [-0.4, -0.2) is 7.11 Å². The molecule has 2 N–H and O–H groups in total. The monoisotopic (exact) mass is 307 g/mol. The number of anilines is 1. The number of ether oxygens (including phenoxy) is 2. The molecule has 18 heavy (non-hydrogen) atoms. The van der Waals surface area contributed by atoms with Gasteiger partial charge in [-0.2, -0.15) is 0 Å². The van der Waals surface area contributed by atoms with E-state index in [1.165, 1.54) is 0 Å². The summed E-state index contributed by atoms with van der Waals surface area (Å²) in [5.41, 5.74) is 7.53. The van der Waals surface area contributed by atoms with Crippen LogP contribution in [0.25, 0.3) is 0 Å². The van der Waals surface area contributed by atoms with E-state index in [9.17, 15) is 0 Å². The average molecular weight is 308 g/mol. The molecule has 2 rings (SSSR count). The van der Waals surface area contributed by atoms with E-state index in [4.69, 9.17) is 15.2 Å². The average Bonchev–Trinajstić information content (AvgIpc) is 2.37. The molecule has 0 atom stereocenters. The zero-order valence-corrected chi connectivity index (χ0v) is 11.6. The van der Waals surface area contributed by atoms with Crippen LogP contribution in [0, 0.1) is 0 Å². The molecule has 2 aromatic rings. The van der Waals surface area contributed by atoms with Crippen molar-refractivity contribution < 1.29 is 9.47 Å². The molecule has 4 heteroatoms. The molecule has 0 aliphatic carbocycles. The lowest BCUT2D eigenvalue weighted by atomic mass is 10.2. The van der Waals surface area contributed by atoms with Crippen molar-refractivity contribution in [3.63, 3.8) is 0 Å². The first-order valence-electron chi connectivity index (χ1n) is 5.50. The number of halogens is 1. The van der Waals surface area contributed by atoms with E-state index in [0.29, 0.717) is 18.0 Å². The van der Waals surface area contributed by atoms with E-state index in [1.54, 1.807) is 13.2 Å². The van der Waals surface area contributed by atoms with Gasteiger partial charge in [-0.3, -0.25) is 0 Å².